The van der Waals surface area contributed by atoms with Gasteiger partial charge in [-0.15, -0.1) is 0 Å². The molecule has 3 heteroatoms. The number of nitrogens with zero attached hydrogens (tertiary/aromatic N) is 2. The van der Waals surface area contributed by atoms with Crippen LogP contribution in [0.5, 0.6) is 0 Å². The van der Waals surface area contributed by atoms with Gasteiger partial charge in [-0.2, -0.15) is 0 Å². The van der Waals surface area contributed by atoms with Crippen molar-refractivity contribution < 1.29 is 0 Å². The van der Waals surface area contributed by atoms with Crippen LogP contribution in [0.1, 0.15) is 6.42 Å². The monoisotopic (exact) mass is 402 g/mol. The fourth-order valence-electron chi connectivity index (χ4n) is 4.26. The minimum Gasteiger partial charge on any atom is -0.304 e. The van der Waals surface area contributed by atoms with E-state index in [1.807, 2.05) is 0 Å². The molecule has 29 heavy (non-hydrogen) atoms. The molecule has 0 atom stereocenters. The van der Waals surface area contributed by atoms with Gasteiger partial charge in [-0.1, -0.05) is 96.8 Å². The summed E-state index contributed by atoms with van der Waals surface area (Å²) in [6.45, 7) is 4.06. The Balaban J connectivity index is 1.77. The first-order valence-electron chi connectivity index (χ1n) is 10.6. The number of piperazine rings is 1. The molecule has 0 unspecified atom stereocenters. The van der Waals surface area contributed by atoms with Gasteiger partial charge in [-0.05, 0) is 36.3 Å². The molecule has 2 nitrogen and oxygen atoms in total. The van der Waals surface area contributed by atoms with E-state index in [0.29, 0.717) is 0 Å². The van der Waals surface area contributed by atoms with Crippen LogP contribution in [0.4, 0.5) is 0 Å². The Hall–Kier alpha value is -2.12. The Morgan fingerprint density at radius 1 is 0.655 bits per heavy atom. The molecule has 0 radical (unpaired) electrons. The van der Waals surface area contributed by atoms with E-state index in [1.54, 1.807) is 0 Å². The molecule has 1 aliphatic heterocycles. The number of hydrogen-bond acceptors (Lipinski definition) is 2. The first kappa shape index (κ1) is 20.2. The lowest BCUT2D eigenvalue weighted by atomic mass is 10.3. The van der Waals surface area contributed by atoms with Gasteiger partial charge in [0.25, 0.3) is 0 Å². The molecule has 0 amide bonds. The van der Waals surface area contributed by atoms with E-state index in [2.05, 4.69) is 114 Å². The smallest absolute Gasteiger partial charge is 0.0110 e. The normalized spacial score (nSPS) is 15.9. The van der Waals surface area contributed by atoms with Crippen molar-refractivity contribution in [3.05, 3.63) is 91.0 Å². The summed E-state index contributed by atoms with van der Waals surface area (Å²) in [4.78, 5) is 5.04. The lowest BCUT2D eigenvalue weighted by molar-refractivity contribution is 0.157. The Morgan fingerprint density at radius 3 is 1.48 bits per heavy atom. The fraction of sp³-hybridized carbons (Fsp3) is 0.269. The minimum atomic E-state index is -1.80. The number of hydrogen-bond donors (Lipinski definition) is 0. The first-order valence-corrected chi connectivity index (χ1v) is 12.5. The fourth-order valence-corrected chi connectivity index (χ4v) is 8.22. The highest BCUT2D eigenvalue weighted by Crippen LogP contribution is 2.43. The number of likely N-dealkylation sites (N-methyl/N-ethyl adjacent to an activating group) is 1. The van der Waals surface area contributed by atoms with Crippen LogP contribution in [0.3, 0.4) is 0 Å². The van der Waals surface area contributed by atoms with Gasteiger partial charge in [0, 0.05) is 32.7 Å². The molecule has 1 saturated heterocycles. The lowest BCUT2D eigenvalue weighted by Gasteiger charge is -2.33. The van der Waals surface area contributed by atoms with Crippen LogP contribution in [-0.4, -0.2) is 55.4 Å². The maximum absolute atomic E-state index is 2.66. The van der Waals surface area contributed by atoms with E-state index < -0.39 is 6.89 Å². The van der Waals surface area contributed by atoms with Gasteiger partial charge in [0.15, 0.2) is 0 Å². The van der Waals surface area contributed by atoms with Crippen LogP contribution in [-0.2, 0) is 0 Å². The van der Waals surface area contributed by atoms with Gasteiger partial charge in [0.2, 0.25) is 0 Å². The van der Waals surface area contributed by atoms with Crippen molar-refractivity contribution in [3.63, 3.8) is 0 Å². The van der Waals surface area contributed by atoms with Crippen molar-refractivity contribution in [2.45, 2.75) is 6.42 Å². The molecule has 1 aliphatic rings. The van der Waals surface area contributed by atoms with Crippen LogP contribution in [0.15, 0.2) is 91.0 Å². The molecule has 0 spiro atoms. The molecular weight excluding hydrogens is 371 g/mol. The highest BCUT2D eigenvalue weighted by atomic mass is 31.2. The first-order chi connectivity index (χ1) is 14.3. The van der Waals surface area contributed by atoms with E-state index in [-0.39, 0.29) is 0 Å². The molecular formula is C26H31N2P. The average molecular weight is 403 g/mol. The van der Waals surface area contributed by atoms with Gasteiger partial charge >= 0.3 is 0 Å². The quantitative estimate of drug-likeness (QED) is 0.583. The largest absolute Gasteiger partial charge is 0.304 e. The molecule has 0 aliphatic carbocycles. The third kappa shape index (κ3) is 4.56. The van der Waals surface area contributed by atoms with Crippen LogP contribution in [0, 0.1) is 0 Å². The summed E-state index contributed by atoms with van der Waals surface area (Å²) >= 11 is 0. The summed E-state index contributed by atoms with van der Waals surface area (Å²) in [6.07, 6.45) is 1.11. The second kappa shape index (κ2) is 9.59. The highest BCUT2D eigenvalue weighted by molar-refractivity contribution is 7.94. The Kier molecular flexibility index (Phi) is 6.67. The van der Waals surface area contributed by atoms with Crippen molar-refractivity contribution >= 4 is 28.6 Å². The molecule has 0 bridgehead atoms. The molecule has 3 aromatic rings. The molecule has 1 heterocycles. The minimum absolute atomic E-state index is 1.11. The summed E-state index contributed by atoms with van der Waals surface area (Å²) in [6, 6.07) is 33.4. The summed E-state index contributed by atoms with van der Waals surface area (Å²) in [5.41, 5.74) is 0. The topological polar surface area (TPSA) is 6.48 Å². The second-order valence-corrected chi connectivity index (χ2v) is 11.2. The number of rotatable bonds is 6. The molecule has 0 aromatic heterocycles. The molecule has 0 saturated carbocycles. The summed E-state index contributed by atoms with van der Waals surface area (Å²) < 4.78 is 0. The van der Waals surface area contributed by atoms with Gasteiger partial charge in [0.1, 0.15) is 0 Å². The molecule has 150 valence electrons. The van der Waals surface area contributed by atoms with Crippen molar-refractivity contribution in [2.75, 3.05) is 39.8 Å². The zero-order valence-electron chi connectivity index (χ0n) is 17.3. The number of benzene rings is 3. The van der Waals surface area contributed by atoms with Crippen molar-refractivity contribution in [2.24, 2.45) is 0 Å². The summed E-state index contributed by atoms with van der Waals surface area (Å²) in [5.74, 6) is 2.66. The van der Waals surface area contributed by atoms with E-state index in [1.165, 1.54) is 42.1 Å². The van der Waals surface area contributed by atoms with Crippen LogP contribution >= 0.6 is 6.89 Å². The highest BCUT2D eigenvalue weighted by Gasteiger charge is 2.24. The molecule has 3 aromatic carbocycles. The Labute approximate surface area is 175 Å². The third-order valence-corrected chi connectivity index (χ3v) is 10.1. The third-order valence-electron chi connectivity index (χ3n) is 5.93. The van der Waals surface area contributed by atoms with E-state index in [9.17, 15) is 0 Å². The zero-order valence-corrected chi connectivity index (χ0v) is 18.2. The summed E-state index contributed by atoms with van der Waals surface area (Å²) in [7, 11) is 2.22. The molecule has 4 rings (SSSR count). The van der Waals surface area contributed by atoms with Crippen LogP contribution in [0.25, 0.3) is 0 Å². The average Bonchev–Trinajstić information content (AvgIpc) is 2.80. The Morgan fingerprint density at radius 2 is 1.07 bits per heavy atom. The van der Waals surface area contributed by atoms with Gasteiger partial charge in [0.05, 0.1) is 0 Å². The molecule has 1 fully saturated rings. The van der Waals surface area contributed by atoms with Crippen molar-refractivity contribution in [1.82, 2.24) is 9.80 Å². The second-order valence-electron chi connectivity index (χ2n) is 7.85. The zero-order chi connectivity index (χ0) is 19.9. The van der Waals surface area contributed by atoms with E-state index >= 15 is 0 Å². The Bertz CT molecular complexity index is 827. The molecule has 0 N–H and O–H groups in total. The maximum Gasteiger partial charge on any atom is 0.0110 e. The van der Waals surface area contributed by atoms with Gasteiger partial charge < -0.3 is 9.80 Å². The van der Waals surface area contributed by atoms with E-state index in [0.717, 1.165) is 13.0 Å². The van der Waals surface area contributed by atoms with E-state index in [4.69, 9.17) is 0 Å². The van der Waals surface area contributed by atoms with Crippen molar-refractivity contribution in [3.8, 4) is 0 Å². The SMILES string of the molecule is CN1CCN(CCC=P(c2ccccc2)(c2ccccc2)c2ccccc2)CC1. The predicted octanol–water partition coefficient (Wildman–Crippen LogP) is 3.42. The van der Waals surface area contributed by atoms with Crippen LogP contribution in [0.2, 0.25) is 0 Å². The van der Waals surface area contributed by atoms with Gasteiger partial charge in [-0.25, -0.2) is 0 Å². The standard InChI is InChI=1S/C26H31N2P/c1-27-19-21-28(22-20-27)18-11-23-29(24-12-5-2-6-13-24,25-14-7-3-8-15-25)26-16-9-4-10-17-26/h2-10,12-17,23H,11,18-22H2,1H3. The van der Waals surface area contributed by atoms with Crippen molar-refractivity contribution in [1.29, 1.82) is 0 Å². The van der Waals surface area contributed by atoms with Crippen LogP contribution < -0.4 is 15.9 Å². The summed E-state index contributed by atoms with van der Waals surface area (Å²) in [5, 5.41) is 4.32. The van der Waals surface area contributed by atoms with Gasteiger partial charge in [-0.3, -0.25) is 0 Å². The predicted molar refractivity (Wildman–Crippen MR) is 130 cm³/mol. The maximum atomic E-state index is 2.66. The lowest BCUT2D eigenvalue weighted by Crippen LogP contribution is -2.44.